The third-order valence-electron chi connectivity index (χ3n) is 1.88. The molecule has 2 unspecified atom stereocenters. The van der Waals surface area contributed by atoms with Crippen molar-refractivity contribution in [2.45, 2.75) is 27.2 Å². The Kier molecular flexibility index (Phi) is 5.73. The van der Waals surface area contributed by atoms with E-state index in [9.17, 15) is 5.11 Å². The normalized spacial score (nSPS) is 17.2. The van der Waals surface area contributed by atoms with E-state index in [1.54, 1.807) is 0 Å². The molecule has 0 saturated heterocycles. The molecular formula is C11H19O. The predicted octanol–water partition coefficient (Wildman–Crippen LogP) is 3.21. The van der Waals surface area contributed by atoms with Gasteiger partial charge in [-0.1, -0.05) is 31.6 Å². The van der Waals surface area contributed by atoms with Gasteiger partial charge in [0.15, 0.2) is 0 Å². The van der Waals surface area contributed by atoms with E-state index >= 15 is 0 Å². The Balaban J connectivity index is 3.92. The molecule has 0 rings (SSSR count). The summed E-state index contributed by atoms with van der Waals surface area (Å²) in [5.74, 6) is 0.683. The van der Waals surface area contributed by atoms with E-state index in [2.05, 4.69) is 26.5 Å². The first-order valence-corrected chi connectivity index (χ1v) is 4.48. The van der Waals surface area contributed by atoms with Gasteiger partial charge in [0.2, 0.25) is 0 Å². The SMILES string of the molecule is C=CC(C)CC(C)=CC(C)C[O]. The van der Waals surface area contributed by atoms with Gasteiger partial charge < -0.3 is 0 Å². The molecule has 0 aliphatic heterocycles. The van der Waals surface area contributed by atoms with Crippen molar-refractivity contribution < 1.29 is 5.11 Å². The number of rotatable bonds is 5. The monoisotopic (exact) mass is 167 g/mol. The molecule has 1 nitrogen and oxygen atoms in total. The topological polar surface area (TPSA) is 19.9 Å². The third-order valence-corrected chi connectivity index (χ3v) is 1.88. The van der Waals surface area contributed by atoms with E-state index < -0.39 is 0 Å². The first-order valence-electron chi connectivity index (χ1n) is 4.48. The fourth-order valence-electron chi connectivity index (χ4n) is 1.19. The van der Waals surface area contributed by atoms with Crippen LogP contribution in [0.3, 0.4) is 0 Å². The second kappa shape index (κ2) is 6.01. The van der Waals surface area contributed by atoms with Crippen molar-refractivity contribution in [3.63, 3.8) is 0 Å². The zero-order valence-electron chi connectivity index (χ0n) is 8.34. The van der Waals surface area contributed by atoms with Gasteiger partial charge in [-0.15, -0.1) is 6.58 Å². The van der Waals surface area contributed by atoms with E-state index in [1.807, 2.05) is 13.0 Å². The summed E-state index contributed by atoms with van der Waals surface area (Å²) in [4.78, 5) is 0. The molecule has 0 amide bonds. The van der Waals surface area contributed by atoms with Gasteiger partial charge in [0, 0.05) is 5.92 Å². The Morgan fingerprint density at radius 3 is 2.42 bits per heavy atom. The van der Waals surface area contributed by atoms with Crippen LogP contribution in [0.25, 0.3) is 0 Å². The predicted molar refractivity (Wildman–Crippen MR) is 52.5 cm³/mol. The van der Waals surface area contributed by atoms with Crippen LogP contribution in [0.2, 0.25) is 0 Å². The molecule has 12 heavy (non-hydrogen) atoms. The van der Waals surface area contributed by atoms with E-state index in [4.69, 9.17) is 0 Å². The van der Waals surface area contributed by atoms with Gasteiger partial charge in [-0.3, -0.25) is 0 Å². The fourth-order valence-corrected chi connectivity index (χ4v) is 1.19. The van der Waals surface area contributed by atoms with Gasteiger partial charge in [0.25, 0.3) is 0 Å². The molecule has 0 aromatic carbocycles. The standard InChI is InChI=1S/C11H19O/c1-5-9(2)6-10(3)7-11(4)8-12/h5,7,9,11H,1,6,8H2,2-4H3. The summed E-state index contributed by atoms with van der Waals surface area (Å²) in [6, 6.07) is 0. The van der Waals surface area contributed by atoms with Crippen LogP contribution in [0.4, 0.5) is 0 Å². The van der Waals surface area contributed by atoms with Gasteiger partial charge in [-0.2, -0.15) is 0 Å². The maximum atomic E-state index is 10.5. The maximum Gasteiger partial charge on any atom is 0.0882 e. The van der Waals surface area contributed by atoms with Crippen molar-refractivity contribution >= 4 is 0 Å². The largest absolute Gasteiger partial charge is 0.236 e. The summed E-state index contributed by atoms with van der Waals surface area (Å²) in [5.41, 5.74) is 1.30. The molecule has 2 atom stereocenters. The number of hydrogen-bond acceptors (Lipinski definition) is 0. The molecule has 0 aliphatic rings. The molecule has 0 heterocycles. The minimum atomic E-state index is -0.0141. The summed E-state index contributed by atoms with van der Waals surface area (Å²) in [7, 11) is 0. The fraction of sp³-hybridized carbons (Fsp3) is 0.636. The first kappa shape index (κ1) is 11.4. The molecule has 69 valence electrons. The van der Waals surface area contributed by atoms with Crippen molar-refractivity contribution in [2.24, 2.45) is 11.8 Å². The van der Waals surface area contributed by atoms with Crippen molar-refractivity contribution in [3.8, 4) is 0 Å². The minimum Gasteiger partial charge on any atom is -0.236 e. The van der Waals surface area contributed by atoms with E-state index in [-0.39, 0.29) is 12.5 Å². The molecular weight excluding hydrogens is 148 g/mol. The molecule has 0 fully saturated rings. The van der Waals surface area contributed by atoms with Crippen LogP contribution in [0.1, 0.15) is 27.2 Å². The average Bonchev–Trinajstić information content (AvgIpc) is 2.03. The Morgan fingerprint density at radius 2 is 2.00 bits per heavy atom. The van der Waals surface area contributed by atoms with Gasteiger partial charge in [0.05, 0.1) is 6.61 Å². The lowest BCUT2D eigenvalue weighted by atomic mass is 9.99. The lowest BCUT2D eigenvalue weighted by Crippen LogP contribution is -1.97. The zero-order valence-corrected chi connectivity index (χ0v) is 8.34. The molecule has 0 aromatic heterocycles. The average molecular weight is 167 g/mol. The first-order chi connectivity index (χ1) is 5.60. The van der Waals surface area contributed by atoms with Crippen molar-refractivity contribution in [3.05, 3.63) is 24.3 Å². The van der Waals surface area contributed by atoms with Crippen molar-refractivity contribution in [2.75, 3.05) is 6.61 Å². The lowest BCUT2D eigenvalue weighted by molar-refractivity contribution is 0.168. The molecule has 0 aliphatic carbocycles. The smallest absolute Gasteiger partial charge is 0.0882 e. The van der Waals surface area contributed by atoms with Crippen LogP contribution >= 0.6 is 0 Å². The van der Waals surface area contributed by atoms with E-state index in [1.165, 1.54) is 5.57 Å². The van der Waals surface area contributed by atoms with Crippen LogP contribution in [0.5, 0.6) is 0 Å². The van der Waals surface area contributed by atoms with Crippen molar-refractivity contribution in [1.29, 1.82) is 0 Å². The Hall–Kier alpha value is -0.560. The number of hydrogen-bond donors (Lipinski definition) is 0. The van der Waals surface area contributed by atoms with Gasteiger partial charge >= 0.3 is 0 Å². The summed E-state index contributed by atoms with van der Waals surface area (Å²) in [6.07, 6.45) is 5.03. The molecule has 0 bridgehead atoms. The molecule has 0 saturated carbocycles. The second-order valence-electron chi connectivity index (χ2n) is 3.57. The summed E-state index contributed by atoms with van der Waals surface area (Å²) in [5, 5.41) is 10.5. The molecule has 0 aromatic rings. The van der Waals surface area contributed by atoms with Crippen molar-refractivity contribution in [1.82, 2.24) is 0 Å². The molecule has 0 spiro atoms. The van der Waals surface area contributed by atoms with Gasteiger partial charge in [-0.05, 0) is 19.3 Å². The summed E-state index contributed by atoms with van der Waals surface area (Å²) >= 11 is 0. The van der Waals surface area contributed by atoms with Crippen LogP contribution in [0, 0.1) is 11.8 Å². The second-order valence-corrected chi connectivity index (χ2v) is 3.57. The van der Waals surface area contributed by atoms with Crippen LogP contribution < -0.4 is 0 Å². The highest BCUT2D eigenvalue weighted by atomic mass is 16.3. The Labute approximate surface area is 75.8 Å². The molecule has 1 radical (unpaired) electrons. The Bertz CT molecular complexity index is 158. The Morgan fingerprint density at radius 1 is 1.42 bits per heavy atom. The summed E-state index contributed by atoms with van der Waals surface area (Å²) < 4.78 is 0. The highest BCUT2D eigenvalue weighted by Crippen LogP contribution is 2.13. The third kappa shape index (κ3) is 5.14. The quantitative estimate of drug-likeness (QED) is 0.560. The van der Waals surface area contributed by atoms with E-state index in [0.29, 0.717) is 5.92 Å². The van der Waals surface area contributed by atoms with Gasteiger partial charge in [-0.25, -0.2) is 5.11 Å². The minimum absolute atomic E-state index is 0.0141. The van der Waals surface area contributed by atoms with E-state index in [0.717, 1.165) is 6.42 Å². The lowest BCUT2D eigenvalue weighted by Gasteiger charge is -2.07. The van der Waals surface area contributed by atoms with Crippen LogP contribution in [0.15, 0.2) is 24.3 Å². The highest BCUT2D eigenvalue weighted by Gasteiger charge is 2.00. The zero-order chi connectivity index (χ0) is 9.56. The van der Waals surface area contributed by atoms with Gasteiger partial charge in [0.1, 0.15) is 0 Å². The maximum absolute atomic E-state index is 10.5. The highest BCUT2D eigenvalue weighted by molar-refractivity contribution is 5.03. The van der Waals surface area contributed by atoms with Crippen LogP contribution in [-0.4, -0.2) is 6.61 Å². The number of allylic oxidation sites excluding steroid dienone is 2. The summed E-state index contributed by atoms with van der Waals surface area (Å²) in [6.45, 7) is 9.87. The molecule has 0 N–H and O–H groups in total. The van der Waals surface area contributed by atoms with Crippen LogP contribution in [-0.2, 0) is 5.11 Å². The molecule has 1 heteroatoms.